The van der Waals surface area contributed by atoms with Crippen LogP contribution in [-0.4, -0.2) is 19.9 Å². The van der Waals surface area contributed by atoms with Crippen LogP contribution in [0.4, 0.5) is 0 Å². The van der Waals surface area contributed by atoms with Crippen LogP contribution in [-0.2, 0) is 5.41 Å². The largest absolute Gasteiger partial charge is 0.248 e. The van der Waals surface area contributed by atoms with E-state index in [0.717, 1.165) is 71.9 Å². The minimum absolute atomic E-state index is 0.124. The van der Waals surface area contributed by atoms with E-state index in [0.29, 0.717) is 17.5 Å². The summed E-state index contributed by atoms with van der Waals surface area (Å²) in [7, 11) is 0. The molecular formula is C55H38N4. The maximum Gasteiger partial charge on any atom is 0.164 e. The highest BCUT2D eigenvalue weighted by Crippen LogP contribution is 2.50. The van der Waals surface area contributed by atoms with Crippen LogP contribution in [0.5, 0.6) is 0 Å². The van der Waals surface area contributed by atoms with Crippen molar-refractivity contribution in [3.05, 3.63) is 205 Å². The van der Waals surface area contributed by atoms with E-state index in [1.807, 2.05) is 60.7 Å². The minimum Gasteiger partial charge on any atom is -0.248 e. The van der Waals surface area contributed by atoms with Gasteiger partial charge in [0.25, 0.3) is 0 Å². The van der Waals surface area contributed by atoms with Crippen molar-refractivity contribution in [2.75, 3.05) is 0 Å². The number of rotatable bonds is 6. The summed E-state index contributed by atoms with van der Waals surface area (Å²) in [5.41, 5.74) is 15.5. The fourth-order valence-corrected chi connectivity index (χ4v) is 8.87. The highest BCUT2D eigenvalue weighted by atomic mass is 15.0. The van der Waals surface area contributed by atoms with Crippen LogP contribution < -0.4 is 0 Å². The zero-order valence-corrected chi connectivity index (χ0v) is 32.8. The van der Waals surface area contributed by atoms with Crippen LogP contribution in [0, 0.1) is 0 Å². The Morgan fingerprint density at radius 1 is 0.322 bits per heavy atom. The zero-order chi connectivity index (χ0) is 39.5. The number of benzene rings is 8. The first-order chi connectivity index (χ1) is 29.0. The van der Waals surface area contributed by atoms with Gasteiger partial charge in [-0.25, -0.2) is 19.9 Å². The summed E-state index contributed by atoms with van der Waals surface area (Å²) in [5.74, 6) is 1.92. The fraction of sp³-hybridized carbons (Fsp3) is 0.0545. The van der Waals surface area contributed by atoms with Crippen LogP contribution in [0.25, 0.3) is 100 Å². The van der Waals surface area contributed by atoms with Gasteiger partial charge in [0.2, 0.25) is 0 Å². The molecule has 0 aliphatic heterocycles. The van der Waals surface area contributed by atoms with E-state index in [4.69, 9.17) is 19.9 Å². The van der Waals surface area contributed by atoms with Gasteiger partial charge in [0.1, 0.15) is 0 Å². The van der Waals surface area contributed by atoms with Crippen LogP contribution in [0.15, 0.2) is 194 Å². The van der Waals surface area contributed by atoms with E-state index < -0.39 is 0 Å². The Hall–Kier alpha value is -7.56. The highest BCUT2D eigenvalue weighted by molar-refractivity contribution is 6.03. The summed E-state index contributed by atoms with van der Waals surface area (Å²) in [6.07, 6.45) is 0. The molecule has 278 valence electrons. The second-order valence-corrected chi connectivity index (χ2v) is 15.9. The lowest BCUT2D eigenvalue weighted by molar-refractivity contribution is 0.661. The van der Waals surface area contributed by atoms with E-state index in [1.165, 1.54) is 22.3 Å². The number of hydrogen-bond acceptors (Lipinski definition) is 4. The molecule has 1 aliphatic rings. The molecule has 59 heavy (non-hydrogen) atoms. The Labute approximate surface area is 343 Å². The summed E-state index contributed by atoms with van der Waals surface area (Å²) < 4.78 is 0. The first kappa shape index (κ1) is 34.7. The average molecular weight is 755 g/mol. The van der Waals surface area contributed by atoms with Crippen molar-refractivity contribution >= 4 is 21.7 Å². The summed E-state index contributed by atoms with van der Waals surface area (Å²) in [4.78, 5) is 20.6. The van der Waals surface area contributed by atoms with Crippen molar-refractivity contribution in [1.82, 2.24) is 19.9 Å². The molecule has 11 rings (SSSR count). The molecule has 8 aromatic carbocycles. The summed E-state index contributed by atoms with van der Waals surface area (Å²) in [5, 5.41) is 3.34. The van der Waals surface area contributed by atoms with Crippen LogP contribution in [0.3, 0.4) is 0 Å². The standard InChI is InChI=1S/C55H38N4/c1-55(2)48-28-15-14-27-43(48)45-32-46-44(33-50(35-17-6-3-7-18-35)56-51(46)34-49(45)55)40-25-16-24-38(29-40)41-30-39-23-12-13-26-42(39)47(31-41)54-58-52(36-19-8-4-9-20-36)57-53(59-54)37-21-10-5-11-22-37/h3-34H,1-2H3. The van der Waals surface area contributed by atoms with Crippen LogP contribution in [0.1, 0.15) is 25.0 Å². The van der Waals surface area contributed by atoms with Gasteiger partial charge in [0, 0.05) is 33.1 Å². The lowest BCUT2D eigenvalue weighted by Gasteiger charge is -2.22. The Morgan fingerprint density at radius 3 is 1.64 bits per heavy atom. The second-order valence-electron chi connectivity index (χ2n) is 15.9. The van der Waals surface area contributed by atoms with E-state index in [9.17, 15) is 0 Å². The molecule has 0 N–H and O–H groups in total. The number of hydrogen-bond donors (Lipinski definition) is 0. The third-order valence-electron chi connectivity index (χ3n) is 11.9. The molecule has 0 radical (unpaired) electrons. The molecule has 0 unspecified atom stereocenters. The Morgan fingerprint density at radius 2 is 0.915 bits per heavy atom. The third-order valence-corrected chi connectivity index (χ3v) is 11.9. The summed E-state index contributed by atoms with van der Waals surface area (Å²) >= 11 is 0. The minimum atomic E-state index is -0.124. The van der Waals surface area contributed by atoms with E-state index >= 15 is 0 Å². The quantitative estimate of drug-likeness (QED) is 0.170. The first-order valence-corrected chi connectivity index (χ1v) is 20.1. The van der Waals surface area contributed by atoms with Gasteiger partial charge in [0.15, 0.2) is 17.5 Å². The molecule has 0 atom stereocenters. The van der Waals surface area contributed by atoms with Crippen molar-refractivity contribution in [1.29, 1.82) is 0 Å². The second kappa shape index (κ2) is 13.8. The molecular weight excluding hydrogens is 717 g/mol. The monoisotopic (exact) mass is 754 g/mol. The maximum atomic E-state index is 5.34. The van der Waals surface area contributed by atoms with Gasteiger partial charge in [-0.1, -0.05) is 172 Å². The lowest BCUT2D eigenvalue weighted by Crippen LogP contribution is -2.14. The molecule has 0 spiro atoms. The molecule has 10 aromatic rings. The molecule has 0 fully saturated rings. The van der Waals surface area contributed by atoms with Gasteiger partial charge in [-0.2, -0.15) is 0 Å². The molecule has 4 heteroatoms. The summed E-state index contributed by atoms with van der Waals surface area (Å²) in [6.45, 7) is 4.66. The van der Waals surface area contributed by atoms with Gasteiger partial charge >= 0.3 is 0 Å². The molecule has 0 saturated carbocycles. The molecule has 0 amide bonds. The van der Waals surface area contributed by atoms with Crippen molar-refractivity contribution in [3.63, 3.8) is 0 Å². The molecule has 2 aromatic heterocycles. The first-order valence-electron chi connectivity index (χ1n) is 20.1. The number of fused-ring (bicyclic) bond motifs is 5. The Bertz CT molecular complexity index is 3170. The molecule has 0 saturated heterocycles. The topological polar surface area (TPSA) is 51.6 Å². The smallest absolute Gasteiger partial charge is 0.164 e. The van der Waals surface area contributed by atoms with Crippen molar-refractivity contribution < 1.29 is 0 Å². The zero-order valence-electron chi connectivity index (χ0n) is 32.8. The van der Waals surface area contributed by atoms with Crippen molar-refractivity contribution in [2.24, 2.45) is 0 Å². The van der Waals surface area contributed by atoms with E-state index in [1.54, 1.807) is 0 Å². The molecule has 2 heterocycles. The molecule has 1 aliphatic carbocycles. The SMILES string of the molecule is CC1(C)c2ccccc2-c2cc3c(-c4cccc(-c5cc(-c6nc(-c7ccccc7)nc(-c7ccccc7)n6)c6ccccc6c5)c4)cc(-c4ccccc4)nc3cc21. The predicted octanol–water partition coefficient (Wildman–Crippen LogP) is 13.9. The van der Waals surface area contributed by atoms with Gasteiger partial charge in [0.05, 0.1) is 11.2 Å². The van der Waals surface area contributed by atoms with Crippen LogP contribution >= 0.6 is 0 Å². The number of pyridine rings is 1. The Balaban J connectivity index is 1.11. The average Bonchev–Trinajstić information content (AvgIpc) is 3.53. The van der Waals surface area contributed by atoms with Gasteiger partial charge in [-0.3, -0.25) is 0 Å². The van der Waals surface area contributed by atoms with Crippen molar-refractivity contribution in [3.8, 4) is 78.8 Å². The number of aromatic nitrogens is 4. The highest BCUT2D eigenvalue weighted by Gasteiger charge is 2.36. The third kappa shape index (κ3) is 6.00. The molecule has 4 nitrogen and oxygen atoms in total. The summed E-state index contributed by atoms with van der Waals surface area (Å²) in [6, 6.07) is 68.6. The number of nitrogens with zero attached hydrogens (tertiary/aromatic N) is 4. The van der Waals surface area contributed by atoms with Gasteiger partial charge in [-0.05, 0) is 91.7 Å². The lowest BCUT2D eigenvalue weighted by atomic mass is 9.82. The van der Waals surface area contributed by atoms with E-state index in [2.05, 4.69) is 147 Å². The normalized spacial score (nSPS) is 12.7. The predicted molar refractivity (Wildman–Crippen MR) is 243 cm³/mol. The van der Waals surface area contributed by atoms with Gasteiger partial charge in [-0.15, -0.1) is 0 Å². The maximum absolute atomic E-state index is 5.34. The van der Waals surface area contributed by atoms with Crippen molar-refractivity contribution in [2.45, 2.75) is 19.3 Å². The van der Waals surface area contributed by atoms with E-state index in [-0.39, 0.29) is 5.41 Å². The fourth-order valence-electron chi connectivity index (χ4n) is 8.87. The van der Waals surface area contributed by atoms with Crippen LogP contribution in [0.2, 0.25) is 0 Å². The Kier molecular flexibility index (Phi) is 8.12. The van der Waals surface area contributed by atoms with Gasteiger partial charge < -0.3 is 0 Å². The molecule has 0 bridgehead atoms.